The SMILES string of the molecule is C#CCOc1c(Cl)cc(C=NNC(=O)Nc2ccccc2C)cc1Cl. The molecular weight excluding hydrogens is 361 g/mol. The fourth-order valence-corrected chi connectivity index (χ4v) is 2.55. The van der Waals surface area contributed by atoms with Crippen LogP contribution >= 0.6 is 23.2 Å². The molecule has 5 nitrogen and oxygen atoms in total. The van der Waals surface area contributed by atoms with E-state index in [1.807, 2.05) is 25.1 Å². The van der Waals surface area contributed by atoms with Gasteiger partial charge in [0.2, 0.25) is 0 Å². The summed E-state index contributed by atoms with van der Waals surface area (Å²) in [5.41, 5.74) is 4.62. The van der Waals surface area contributed by atoms with Crippen molar-refractivity contribution in [2.75, 3.05) is 11.9 Å². The third kappa shape index (κ3) is 5.42. The fraction of sp³-hybridized carbons (Fsp3) is 0.111. The topological polar surface area (TPSA) is 62.7 Å². The first-order valence-electron chi connectivity index (χ1n) is 7.22. The number of hydrogen-bond donors (Lipinski definition) is 2. The van der Waals surface area contributed by atoms with Crippen LogP contribution in [0.4, 0.5) is 10.5 Å². The number of nitrogens with one attached hydrogen (secondary N) is 2. The summed E-state index contributed by atoms with van der Waals surface area (Å²) in [5, 5.41) is 7.16. The summed E-state index contributed by atoms with van der Waals surface area (Å²) in [7, 11) is 0. The Morgan fingerprint density at radius 3 is 2.64 bits per heavy atom. The van der Waals surface area contributed by atoms with Gasteiger partial charge in [0.1, 0.15) is 6.61 Å². The van der Waals surface area contributed by atoms with Crippen LogP contribution in [-0.2, 0) is 0 Å². The van der Waals surface area contributed by atoms with E-state index in [-0.39, 0.29) is 6.61 Å². The number of hydrazone groups is 1. The summed E-state index contributed by atoms with van der Waals surface area (Å²) in [6, 6.07) is 10.2. The van der Waals surface area contributed by atoms with Crippen LogP contribution in [-0.4, -0.2) is 18.9 Å². The monoisotopic (exact) mass is 375 g/mol. The summed E-state index contributed by atoms with van der Waals surface area (Å²) in [6.07, 6.45) is 6.55. The molecule has 0 heterocycles. The zero-order valence-electron chi connectivity index (χ0n) is 13.3. The van der Waals surface area contributed by atoms with Gasteiger partial charge in [-0.05, 0) is 36.2 Å². The maximum Gasteiger partial charge on any atom is 0.339 e. The van der Waals surface area contributed by atoms with Crippen molar-refractivity contribution < 1.29 is 9.53 Å². The molecule has 0 saturated heterocycles. The number of aryl methyl sites for hydroxylation is 1. The third-order valence-corrected chi connectivity index (χ3v) is 3.65. The average Bonchev–Trinajstić information content (AvgIpc) is 2.56. The van der Waals surface area contributed by atoms with Gasteiger partial charge in [-0.2, -0.15) is 5.10 Å². The Morgan fingerprint density at radius 1 is 1.32 bits per heavy atom. The predicted octanol–water partition coefficient (Wildman–Crippen LogP) is 4.47. The van der Waals surface area contributed by atoms with Crippen molar-refractivity contribution in [3.05, 3.63) is 57.6 Å². The summed E-state index contributed by atoms with van der Waals surface area (Å²) in [6.45, 7) is 1.96. The number of rotatable bonds is 5. The average molecular weight is 376 g/mol. The van der Waals surface area contributed by atoms with Crippen molar-refractivity contribution in [3.63, 3.8) is 0 Å². The molecule has 2 rings (SSSR count). The van der Waals surface area contributed by atoms with Crippen molar-refractivity contribution in [2.45, 2.75) is 6.92 Å². The zero-order valence-corrected chi connectivity index (χ0v) is 14.9. The van der Waals surface area contributed by atoms with Crippen molar-refractivity contribution in [1.82, 2.24) is 5.43 Å². The molecule has 0 spiro atoms. The van der Waals surface area contributed by atoms with Gasteiger partial charge in [-0.25, -0.2) is 10.2 Å². The van der Waals surface area contributed by atoms with E-state index < -0.39 is 6.03 Å². The van der Waals surface area contributed by atoms with Crippen LogP contribution in [0.2, 0.25) is 10.0 Å². The van der Waals surface area contributed by atoms with Crippen LogP contribution in [0, 0.1) is 19.3 Å². The summed E-state index contributed by atoms with van der Waals surface area (Å²) in [4.78, 5) is 11.8. The number of amides is 2. The van der Waals surface area contributed by atoms with Crippen molar-refractivity contribution in [2.24, 2.45) is 5.10 Å². The number of terminal acetylenes is 1. The quantitative estimate of drug-likeness (QED) is 0.460. The number of ether oxygens (including phenoxy) is 1. The molecule has 2 N–H and O–H groups in total. The van der Waals surface area contributed by atoms with E-state index in [9.17, 15) is 4.79 Å². The van der Waals surface area contributed by atoms with E-state index >= 15 is 0 Å². The molecule has 128 valence electrons. The van der Waals surface area contributed by atoms with E-state index in [2.05, 4.69) is 21.8 Å². The smallest absolute Gasteiger partial charge is 0.339 e. The Hall–Kier alpha value is -2.68. The van der Waals surface area contributed by atoms with Crippen LogP contribution in [0.25, 0.3) is 0 Å². The molecule has 2 aromatic carbocycles. The lowest BCUT2D eigenvalue weighted by Gasteiger charge is -2.08. The van der Waals surface area contributed by atoms with Gasteiger partial charge in [-0.1, -0.05) is 47.3 Å². The summed E-state index contributed by atoms with van der Waals surface area (Å²) >= 11 is 12.2. The highest BCUT2D eigenvalue weighted by molar-refractivity contribution is 6.37. The molecule has 7 heteroatoms. The van der Waals surface area contributed by atoms with E-state index in [0.29, 0.717) is 27.0 Å². The van der Waals surface area contributed by atoms with Crippen molar-refractivity contribution in [3.8, 4) is 18.1 Å². The third-order valence-electron chi connectivity index (χ3n) is 3.09. The lowest BCUT2D eigenvalue weighted by atomic mass is 10.2. The lowest BCUT2D eigenvalue weighted by molar-refractivity contribution is 0.252. The first-order chi connectivity index (χ1) is 12.0. The van der Waals surface area contributed by atoms with Gasteiger partial charge < -0.3 is 10.1 Å². The molecule has 2 aromatic rings. The van der Waals surface area contributed by atoms with Gasteiger partial charge >= 0.3 is 6.03 Å². The van der Waals surface area contributed by atoms with Crippen LogP contribution in [0.5, 0.6) is 5.75 Å². The number of benzene rings is 2. The van der Waals surface area contributed by atoms with Crippen molar-refractivity contribution >= 4 is 41.1 Å². The van der Waals surface area contributed by atoms with Gasteiger partial charge in [0, 0.05) is 5.69 Å². The minimum Gasteiger partial charge on any atom is -0.478 e. The number of carbonyl (C=O) groups is 1. The number of para-hydroxylation sites is 1. The molecule has 0 radical (unpaired) electrons. The highest BCUT2D eigenvalue weighted by Crippen LogP contribution is 2.33. The Bertz CT molecular complexity index is 821. The molecule has 0 saturated carbocycles. The summed E-state index contributed by atoms with van der Waals surface area (Å²) < 4.78 is 5.27. The minimum absolute atomic E-state index is 0.0630. The molecule has 2 amide bonds. The molecule has 0 aromatic heterocycles. The van der Waals surface area contributed by atoms with Gasteiger partial charge in [0.05, 0.1) is 16.3 Å². The normalized spacial score (nSPS) is 10.3. The zero-order chi connectivity index (χ0) is 18.2. The number of hydrogen-bond acceptors (Lipinski definition) is 3. The maximum absolute atomic E-state index is 11.8. The van der Waals surface area contributed by atoms with E-state index in [4.69, 9.17) is 34.4 Å². The molecule has 0 unspecified atom stereocenters. The first kappa shape index (κ1) is 18.7. The number of nitrogens with zero attached hydrogens (tertiary/aromatic N) is 1. The number of carbonyl (C=O) groups excluding carboxylic acids is 1. The lowest BCUT2D eigenvalue weighted by Crippen LogP contribution is -2.24. The molecule has 0 aliphatic rings. The number of halogens is 2. The minimum atomic E-state index is -0.461. The molecule has 25 heavy (non-hydrogen) atoms. The largest absolute Gasteiger partial charge is 0.478 e. The standard InChI is InChI=1S/C18H15Cl2N3O2/c1-3-8-25-17-14(19)9-13(10-15(17)20)11-21-23-18(24)22-16-7-5-4-6-12(16)2/h1,4-7,9-11H,8H2,2H3,(H2,22,23,24). The van der Waals surface area contributed by atoms with Gasteiger partial charge in [0.15, 0.2) is 5.75 Å². The molecule has 0 aliphatic carbocycles. The number of urea groups is 1. The molecule has 0 aliphatic heterocycles. The van der Waals surface area contributed by atoms with E-state index in [1.54, 1.807) is 18.2 Å². The summed E-state index contributed by atoms with van der Waals surface area (Å²) in [5.74, 6) is 2.64. The van der Waals surface area contributed by atoms with Crippen LogP contribution in [0.3, 0.4) is 0 Å². The Balaban J connectivity index is 1.99. The molecule has 0 fully saturated rings. The fourth-order valence-electron chi connectivity index (χ4n) is 1.93. The van der Waals surface area contributed by atoms with Crippen LogP contribution in [0.15, 0.2) is 41.5 Å². The predicted molar refractivity (Wildman–Crippen MR) is 102 cm³/mol. The van der Waals surface area contributed by atoms with Crippen LogP contribution < -0.4 is 15.5 Å². The van der Waals surface area contributed by atoms with Gasteiger partial charge in [-0.15, -0.1) is 6.42 Å². The molecular formula is C18H15Cl2N3O2. The van der Waals surface area contributed by atoms with Gasteiger partial charge in [-0.3, -0.25) is 0 Å². The second-order valence-corrected chi connectivity index (χ2v) is 5.76. The van der Waals surface area contributed by atoms with Crippen molar-refractivity contribution in [1.29, 1.82) is 0 Å². The Labute approximate surface area is 156 Å². The number of anilines is 1. The van der Waals surface area contributed by atoms with E-state index in [0.717, 1.165) is 5.56 Å². The van der Waals surface area contributed by atoms with Crippen LogP contribution in [0.1, 0.15) is 11.1 Å². The highest BCUT2D eigenvalue weighted by atomic mass is 35.5. The Kier molecular flexibility index (Phi) is 6.70. The second kappa shape index (κ2) is 8.97. The maximum atomic E-state index is 11.8. The first-order valence-corrected chi connectivity index (χ1v) is 7.98. The second-order valence-electron chi connectivity index (χ2n) is 4.95. The highest BCUT2D eigenvalue weighted by Gasteiger charge is 2.09. The molecule has 0 atom stereocenters. The molecule has 0 bridgehead atoms. The van der Waals surface area contributed by atoms with E-state index in [1.165, 1.54) is 6.21 Å². The Morgan fingerprint density at radius 2 is 2.00 bits per heavy atom. The van der Waals surface area contributed by atoms with Gasteiger partial charge in [0.25, 0.3) is 0 Å².